The molecule has 1 aliphatic heterocycles. The quantitative estimate of drug-likeness (QED) is 0.763. The molecule has 5 nitrogen and oxygen atoms in total. The Hall–Kier alpha value is -1.65. The highest BCUT2D eigenvalue weighted by Gasteiger charge is 2.24. The molecule has 1 fully saturated rings. The Balaban J connectivity index is 1.93. The molecule has 1 amide bonds. The van der Waals surface area contributed by atoms with Crippen LogP contribution >= 0.6 is 0 Å². The summed E-state index contributed by atoms with van der Waals surface area (Å²) in [4.78, 5) is 23.5. The minimum Gasteiger partial charge on any atom is -0.356 e. The molecule has 0 N–H and O–H groups in total. The van der Waals surface area contributed by atoms with Crippen molar-refractivity contribution in [1.29, 1.82) is 0 Å². The Morgan fingerprint density at radius 1 is 1.47 bits per heavy atom. The predicted molar refractivity (Wildman–Crippen MR) is 65.7 cm³/mol. The molecule has 0 atom stereocenters. The number of hydrogen-bond donors (Lipinski definition) is 0. The minimum atomic E-state index is 0.144. The fourth-order valence-electron chi connectivity index (χ4n) is 2.21. The van der Waals surface area contributed by atoms with Gasteiger partial charge in [0.2, 0.25) is 5.91 Å². The van der Waals surface area contributed by atoms with Gasteiger partial charge < -0.3 is 9.80 Å². The van der Waals surface area contributed by atoms with Gasteiger partial charge in [0.1, 0.15) is 12.1 Å². The van der Waals surface area contributed by atoms with Gasteiger partial charge in [-0.1, -0.05) is 0 Å². The molecule has 5 heteroatoms. The van der Waals surface area contributed by atoms with Crippen LogP contribution in [-0.4, -0.2) is 47.0 Å². The molecule has 0 radical (unpaired) electrons. The smallest absolute Gasteiger partial charge is 0.219 e. The van der Waals surface area contributed by atoms with Gasteiger partial charge in [-0.2, -0.15) is 0 Å². The third-order valence-corrected chi connectivity index (χ3v) is 3.40. The van der Waals surface area contributed by atoms with Crippen molar-refractivity contribution in [2.45, 2.75) is 25.8 Å². The fourth-order valence-corrected chi connectivity index (χ4v) is 2.21. The molecule has 0 aromatic carbocycles. The van der Waals surface area contributed by atoms with Crippen LogP contribution in [0.25, 0.3) is 0 Å². The Kier molecular flexibility index (Phi) is 3.56. The summed E-state index contributed by atoms with van der Waals surface area (Å²) < 4.78 is 0. The number of piperidine rings is 1. The Morgan fingerprint density at radius 2 is 2.18 bits per heavy atom. The molecule has 2 heterocycles. The highest BCUT2D eigenvalue weighted by Crippen LogP contribution is 2.19. The maximum atomic E-state index is 11.3. The highest BCUT2D eigenvalue weighted by atomic mass is 16.2. The third kappa shape index (κ3) is 2.72. The van der Waals surface area contributed by atoms with Crippen molar-refractivity contribution >= 4 is 11.7 Å². The van der Waals surface area contributed by atoms with Gasteiger partial charge in [-0.05, 0) is 18.9 Å². The lowest BCUT2D eigenvalue weighted by molar-refractivity contribution is -0.129. The first-order valence-electron chi connectivity index (χ1n) is 5.93. The molecule has 0 spiro atoms. The second kappa shape index (κ2) is 5.12. The van der Waals surface area contributed by atoms with Crippen molar-refractivity contribution in [3.05, 3.63) is 18.6 Å². The Morgan fingerprint density at radius 3 is 2.71 bits per heavy atom. The largest absolute Gasteiger partial charge is 0.356 e. The minimum absolute atomic E-state index is 0.144. The van der Waals surface area contributed by atoms with E-state index >= 15 is 0 Å². The van der Waals surface area contributed by atoms with Crippen molar-refractivity contribution in [2.24, 2.45) is 0 Å². The van der Waals surface area contributed by atoms with Gasteiger partial charge in [0.25, 0.3) is 0 Å². The topological polar surface area (TPSA) is 49.3 Å². The molecule has 92 valence electrons. The van der Waals surface area contributed by atoms with Crippen LogP contribution in [0.4, 0.5) is 5.82 Å². The van der Waals surface area contributed by atoms with E-state index in [0.29, 0.717) is 6.04 Å². The van der Waals surface area contributed by atoms with Crippen molar-refractivity contribution in [3.63, 3.8) is 0 Å². The van der Waals surface area contributed by atoms with Gasteiger partial charge in [-0.15, -0.1) is 0 Å². The molecule has 1 aliphatic rings. The van der Waals surface area contributed by atoms with Crippen LogP contribution in [0.5, 0.6) is 0 Å². The van der Waals surface area contributed by atoms with E-state index in [1.165, 1.54) is 0 Å². The Bertz CT molecular complexity index is 373. The summed E-state index contributed by atoms with van der Waals surface area (Å²) in [6.45, 7) is 3.51. The molecule has 0 bridgehead atoms. The first-order valence-corrected chi connectivity index (χ1v) is 5.93. The lowest BCUT2D eigenvalue weighted by Crippen LogP contribution is -2.45. The first kappa shape index (κ1) is 11.8. The fraction of sp³-hybridized carbons (Fsp3) is 0.583. The summed E-state index contributed by atoms with van der Waals surface area (Å²) in [7, 11) is 1.88. The van der Waals surface area contributed by atoms with Gasteiger partial charge in [-0.25, -0.2) is 9.97 Å². The van der Waals surface area contributed by atoms with Gasteiger partial charge in [0.15, 0.2) is 0 Å². The molecule has 1 aromatic rings. The molecule has 0 saturated carbocycles. The number of rotatable bonds is 2. The van der Waals surface area contributed by atoms with Gasteiger partial charge in [0.05, 0.1) is 0 Å². The van der Waals surface area contributed by atoms with E-state index in [-0.39, 0.29) is 5.91 Å². The first-order chi connectivity index (χ1) is 8.18. The normalized spacial score (nSPS) is 16.9. The number of hydrogen-bond acceptors (Lipinski definition) is 4. The summed E-state index contributed by atoms with van der Waals surface area (Å²) >= 11 is 0. The summed E-state index contributed by atoms with van der Waals surface area (Å²) in [5.74, 6) is 1.12. The molecule has 2 rings (SSSR count). The molecular formula is C12H18N4O. The van der Waals surface area contributed by atoms with E-state index < -0.39 is 0 Å². The number of carbonyl (C=O) groups is 1. The van der Waals surface area contributed by atoms with Crippen molar-refractivity contribution in [1.82, 2.24) is 14.9 Å². The summed E-state index contributed by atoms with van der Waals surface area (Å²) in [5.41, 5.74) is 0. The van der Waals surface area contributed by atoms with E-state index in [9.17, 15) is 4.79 Å². The molecule has 1 aromatic heterocycles. The van der Waals surface area contributed by atoms with E-state index in [4.69, 9.17) is 0 Å². The number of aromatic nitrogens is 2. The Labute approximate surface area is 101 Å². The summed E-state index contributed by atoms with van der Waals surface area (Å²) in [5, 5.41) is 0. The van der Waals surface area contributed by atoms with Gasteiger partial charge in [0, 0.05) is 39.3 Å². The van der Waals surface area contributed by atoms with E-state index in [2.05, 4.69) is 14.9 Å². The average Bonchev–Trinajstić information content (AvgIpc) is 2.39. The van der Waals surface area contributed by atoms with Crippen molar-refractivity contribution < 1.29 is 4.79 Å². The van der Waals surface area contributed by atoms with Crippen LogP contribution < -0.4 is 4.90 Å². The predicted octanol–water partition coefficient (Wildman–Crippen LogP) is 0.924. The van der Waals surface area contributed by atoms with Crippen LogP contribution in [0.15, 0.2) is 18.6 Å². The zero-order valence-electron chi connectivity index (χ0n) is 10.3. The highest BCUT2D eigenvalue weighted by molar-refractivity contribution is 5.73. The second-order valence-electron chi connectivity index (χ2n) is 4.42. The summed E-state index contributed by atoms with van der Waals surface area (Å²) in [6.07, 6.45) is 5.33. The number of carbonyl (C=O) groups excluding carboxylic acids is 1. The van der Waals surface area contributed by atoms with Crippen molar-refractivity contribution in [2.75, 3.05) is 25.0 Å². The molecule has 0 unspecified atom stereocenters. The number of nitrogens with zero attached hydrogens (tertiary/aromatic N) is 4. The van der Waals surface area contributed by atoms with Gasteiger partial charge >= 0.3 is 0 Å². The van der Waals surface area contributed by atoms with Crippen molar-refractivity contribution in [3.8, 4) is 0 Å². The second-order valence-corrected chi connectivity index (χ2v) is 4.42. The summed E-state index contributed by atoms with van der Waals surface area (Å²) in [6, 6.07) is 2.29. The van der Waals surface area contributed by atoms with Crippen LogP contribution in [0.2, 0.25) is 0 Å². The van der Waals surface area contributed by atoms with E-state index in [0.717, 1.165) is 31.7 Å². The molecule has 17 heavy (non-hydrogen) atoms. The van der Waals surface area contributed by atoms with E-state index in [1.807, 2.05) is 18.0 Å². The van der Waals surface area contributed by atoms with Crippen LogP contribution in [0.1, 0.15) is 19.8 Å². The zero-order chi connectivity index (χ0) is 12.3. The number of anilines is 1. The van der Waals surface area contributed by atoms with Crippen LogP contribution in [0.3, 0.4) is 0 Å². The molecule has 1 saturated heterocycles. The monoisotopic (exact) mass is 234 g/mol. The maximum absolute atomic E-state index is 11.3. The SMILES string of the molecule is CC(=O)N(C)C1CCN(c2ccncn2)CC1. The maximum Gasteiger partial charge on any atom is 0.219 e. The zero-order valence-corrected chi connectivity index (χ0v) is 10.3. The van der Waals surface area contributed by atoms with E-state index in [1.54, 1.807) is 19.4 Å². The molecule has 0 aliphatic carbocycles. The van der Waals surface area contributed by atoms with Crippen LogP contribution in [0, 0.1) is 0 Å². The number of amides is 1. The third-order valence-electron chi connectivity index (χ3n) is 3.40. The molecular weight excluding hydrogens is 216 g/mol. The lowest BCUT2D eigenvalue weighted by Gasteiger charge is -2.36. The van der Waals surface area contributed by atoms with Crippen LogP contribution in [-0.2, 0) is 4.79 Å². The lowest BCUT2D eigenvalue weighted by atomic mass is 10.0. The average molecular weight is 234 g/mol. The standard InChI is InChI=1S/C12H18N4O/c1-10(17)15(2)11-4-7-16(8-5-11)12-3-6-13-9-14-12/h3,6,9,11H,4-5,7-8H2,1-2H3. The van der Waals surface area contributed by atoms with Gasteiger partial charge in [-0.3, -0.25) is 4.79 Å².